The maximum atomic E-state index is 14.5. The summed E-state index contributed by atoms with van der Waals surface area (Å²) in [6, 6.07) is 18.9. The maximum absolute atomic E-state index is 14.5. The average Bonchev–Trinajstić information content (AvgIpc) is 3.53. The van der Waals surface area contributed by atoms with Crippen LogP contribution in [0.1, 0.15) is 38.1 Å². The lowest BCUT2D eigenvalue weighted by molar-refractivity contribution is -0.165. The molecule has 0 spiro atoms. The summed E-state index contributed by atoms with van der Waals surface area (Å²) in [5.74, 6) is -3.36. The minimum Gasteiger partial charge on any atom is -0.456 e. The third-order valence-corrected chi connectivity index (χ3v) is 19.2. The van der Waals surface area contributed by atoms with E-state index >= 15 is 0 Å². The Bertz CT molecular complexity index is 2050. The van der Waals surface area contributed by atoms with Gasteiger partial charge >= 0.3 is 40.4 Å². The van der Waals surface area contributed by atoms with Gasteiger partial charge in [0.1, 0.15) is 30.0 Å². The minimum absolute atomic E-state index is 0.0146. The van der Waals surface area contributed by atoms with Crippen LogP contribution in [0.2, 0.25) is 0 Å². The first-order valence-electron chi connectivity index (χ1n) is 18.0. The molecule has 0 saturated carbocycles. The zero-order valence-corrected chi connectivity index (χ0v) is 36.9. The molecular weight excluding hydrogens is 858 g/mol. The summed E-state index contributed by atoms with van der Waals surface area (Å²) < 4.78 is 112. The van der Waals surface area contributed by atoms with Crippen LogP contribution in [-0.2, 0) is 86.9 Å². The molecule has 0 radical (unpaired) electrons. The number of carbonyl (C=O) groups is 2. The topological polar surface area (TPSA) is 242 Å². The van der Waals surface area contributed by atoms with Gasteiger partial charge in [-0.1, -0.05) is 60.7 Å². The Hall–Kier alpha value is -3.34. The highest BCUT2D eigenvalue weighted by atomic mass is 31.3. The van der Waals surface area contributed by atoms with E-state index in [-0.39, 0.29) is 31.9 Å². The predicted molar refractivity (Wildman–Crippen MR) is 213 cm³/mol. The zero-order valence-electron chi connectivity index (χ0n) is 33.3. The monoisotopic (exact) mass is 907 g/mol. The van der Waals surface area contributed by atoms with Crippen LogP contribution in [0.3, 0.4) is 0 Å². The molecule has 24 heteroatoms. The molecule has 59 heavy (non-hydrogen) atoms. The highest BCUT2D eigenvalue weighted by molar-refractivity contribution is 7.80. The van der Waals surface area contributed by atoms with Gasteiger partial charge < -0.3 is 51.2 Å². The van der Waals surface area contributed by atoms with Crippen molar-refractivity contribution in [1.29, 1.82) is 0 Å². The highest BCUT2D eigenvalue weighted by Gasteiger charge is 2.52. The second kappa shape index (κ2) is 22.0. The number of esters is 2. The molecule has 1 saturated heterocycles. The largest absolute Gasteiger partial charge is 0.456 e. The summed E-state index contributed by atoms with van der Waals surface area (Å²) in [5.41, 5.74) is 0.381. The minimum atomic E-state index is -4.47. The van der Waals surface area contributed by atoms with Crippen molar-refractivity contribution in [2.24, 2.45) is 0 Å². The smallest absolute Gasteiger partial charge is 0.351 e. The molecule has 0 aliphatic carbocycles. The fraction of sp³-hybridized carbons (Fsp3) is 0.486. The number of ether oxygens (including phenoxy) is 3. The van der Waals surface area contributed by atoms with Gasteiger partial charge in [0, 0.05) is 41.4 Å². The summed E-state index contributed by atoms with van der Waals surface area (Å²) in [4.78, 5) is 41.8. The lowest BCUT2D eigenvalue weighted by atomic mass is 10.1. The van der Waals surface area contributed by atoms with Crippen LogP contribution < -0.4 is 11.0 Å². The van der Waals surface area contributed by atoms with Crippen LogP contribution in [-0.4, -0.2) is 92.4 Å². The molecule has 0 bridgehead atoms. The number of hydrogen-bond donors (Lipinski definition) is 1. The van der Waals surface area contributed by atoms with E-state index in [9.17, 15) is 32.6 Å². The first-order chi connectivity index (χ1) is 28.0. The third-order valence-electron chi connectivity index (χ3n) is 8.40. The van der Waals surface area contributed by atoms with Crippen LogP contribution >= 0.6 is 30.2 Å². The number of anilines is 1. The van der Waals surface area contributed by atoms with Gasteiger partial charge in [-0.2, -0.15) is 4.98 Å². The van der Waals surface area contributed by atoms with Gasteiger partial charge in [-0.05, 0) is 24.1 Å². The molecule has 3 aromatic rings. The quantitative estimate of drug-likeness (QED) is 0.0738. The first kappa shape index (κ1) is 48.3. The number of nitrogens with one attached hydrogen (secondary N) is 1. The highest BCUT2D eigenvalue weighted by Crippen LogP contribution is 2.70. The van der Waals surface area contributed by atoms with Crippen LogP contribution in [0.5, 0.6) is 0 Å². The van der Waals surface area contributed by atoms with E-state index in [4.69, 9.17) is 45.9 Å². The SMILES string of the molecule is CCOP(=O)(CP(=O)(OC)OC[C@H]1O[C@@H](n2ccc(NCP(=O)(OC)OC)nc2=O)[C@H](OC(C)=O)[C@@H]1OC(C)=O)CP(=O)(OCc1ccccc1)OCc1ccccc1. The van der Waals surface area contributed by atoms with Crippen molar-refractivity contribution in [3.63, 3.8) is 0 Å². The van der Waals surface area contributed by atoms with Gasteiger partial charge in [-0.3, -0.25) is 32.4 Å². The molecule has 1 aromatic heterocycles. The summed E-state index contributed by atoms with van der Waals surface area (Å²) in [7, 11) is -13.1. The second-order valence-corrected chi connectivity index (χ2v) is 22.8. The van der Waals surface area contributed by atoms with Crippen molar-refractivity contribution in [2.75, 3.05) is 58.0 Å². The summed E-state index contributed by atoms with van der Waals surface area (Å²) in [6.45, 7) is 2.52. The van der Waals surface area contributed by atoms with Gasteiger partial charge in [0.2, 0.25) is 7.37 Å². The second-order valence-electron chi connectivity index (χ2n) is 12.8. The average molecular weight is 908 g/mol. The molecule has 1 aliphatic rings. The van der Waals surface area contributed by atoms with Gasteiger partial charge in [-0.25, -0.2) is 4.79 Å². The lowest BCUT2D eigenvalue weighted by Gasteiger charge is -2.27. The molecule has 20 nitrogen and oxygen atoms in total. The fourth-order valence-electron chi connectivity index (χ4n) is 5.64. The van der Waals surface area contributed by atoms with Gasteiger partial charge in [-0.15, -0.1) is 0 Å². The molecule has 1 aliphatic heterocycles. The van der Waals surface area contributed by atoms with Crippen molar-refractivity contribution in [1.82, 2.24) is 9.55 Å². The van der Waals surface area contributed by atoms with E-state index in [1.807, 2.05) is 0 Å². The third kappa shape index (κ3) is 14.4. The summed E-state index contributed by atoms with van der Waals surface area (Å²) in [5, 5.41) is 2.68. The lowest BCUT2D eigenvalue weighted by Crippen LogP contribution is -2.41. The molecule has 2 heterocycles. The maximum Gasteiger partial charge on any atom is 0.351 e. The number of nitrogens with zero attached hydrogens (tertiary/aromatic N) is 2. The van der Waals surface area contributed by atoms with Crippen molar-refractivity contribution >= 4 is 47.9 Å². The zero-order chi connectivity index (χ0) is 43.3. The Kier molecular flexibility index (Phi) is 18.0. The van der Waals surface area contributed by atoms with Gasteiger partial charge in [0.15, 0.2) is 18.4 Å². The van der Waals surface area contributed by atoms with E-state index in [0.29, 0.717) is 11.1 Å². The van der Waals surface area contributed by atoms with Crippen LogP contribution in [0.15, 0.2) is 77.7 Å². The van der Waals surface area contributed by atoms with Crippen molar-refractivity contribution < 1.29 is 73.7 Å². The molecule has 2 aromatic carbocycles. The van der Waals surface area contributed by atoms with Crippen molar-refractivity contribution in [3.8, 4) is 0 Å². The number of benzene rings is 2. The number of carbonyl (C=O) groups excluding carboxylic acids is 2. The number of rotatable bonds is 24. The summed E-state index contributed by atoms with van der Waals surface area (Å²) in [6.07, 6.45) is -4.85. The normalized spacial score (nSPS) is 20.3. The summed E-state index contributed by atoms with van der Waals surface area (Å²) >= 11 is 0. The number of aromatic nitrogens is 2. The van der Waals surface area contributed by atoms with Crippen molar-refractivity contribution in [3.05, 3.63) is 94.5 Å². The Labute approximate surface area is 341 Å². The molecule has 2 unspecified atom stereocenters. The first-order valence-corrected chi connectivity index (χ1v) is 25.2. The molecule has 1 N–H and O–H groups in total. The standard InChI is InChI=1S/C35H49N3O17P4/c1-7-49-56(42,25-59(45,50-20-28-14-10-8-11-15-28)51-21-29-16-12-9-13-17-29)24-58(44,48-6)52-22-30-32(53-26(2)39)33(54-27(3)40)34(55-30)38-19-18-31(37-35(38)41)36-23-57(43,46-4)47-5/h8-19,30,32-34H,7,20-25H2,1-6H3,(H,36,37,41)/t30-,32-,33-,34-,56?,58?/m1/s1. The predicted octanol–water partition coefficient (Wildman–Crippen LogP) is 6.57. The van der Waals surface area contributed by atoms with E-state index in [2.05, 4.69) is 10.3 Å². The Morgan fingerprint density at radius 2 is 1.25 bits per heavy atom. The van der Waals surface area contributed by atoms with Gasteiger partial charge in [0.05, 0.1) is 26.4 Å². The van der Waals surface area contributed by atoms with E-state index in [0.717, 1.165) is 25.5 Å². The van der Waals surface area contributed by atoms with Gasteiger partial charge in [0.25, 0.3) is 0 Å². The Morgan fingerprint density at radius 1 is 0.729 bits per heavy atom. The molecule has 0 amide bonds. The Balaban J connectivity index is 1.58. The molecule has 6 atom stereocenters. The van der Waals surface area contributed by atoms with Crippen LogP contribution in [0, 0.1) is 0 Å². The van der Waals surface area contributed by atoms with E-state index in [1.165, 1.54) is 33.4 Å². The Morgan fingerprint density at radius 3 is 1.75 bits per heavy atom. The molecule has 4 rings (SSSR count). The van der Waals surface area contributed by atoms with Crippen LogP contribution in [0.25, 0.3) is 0 Å². The van der Waals surface area contributed by atoms with E-state index < -0.39 is 90.7 Å². The van der Waals surface area contributed by atoms with E-state index in [1.54, 1.807) is 60.7 Å². The fourth-order valence-corrected chi connectivity index (χ4v) is 15.6. The molecule has 326 valence electrons. The number of hydrogen-bond acceptors (Lipinski definition) is 19. The van der Waals surface area contributed by atoms with Crippen molar-refractivity contribution in [2.45, 2.75) is 58.5 Å². The molecular formula is C35H49N3O17P4. The van der Waals surface area contributed by atoms with Crippen LogP contribution in [0.4, 0.5) is 5.82 Å². The molecule has 1 fully saturated rings.